The molecule has 0 saturated heterocycles. The molecule has 0 amide bonds. The number of rotatable bonds is 7. The average Bonchev–Trinajstić information content (AvgIpc) is 2.90. The maximum absolute atomic E-state index is 6.04. The molecule has 2 aromatic carbocycles. The Kier molecular flexibility index (Phi) is 5.50. The van der Waals surface area contributed by atoms with E-state index in [1.165, 1.54) is 58.6 Å². The van der Waals surface area contributed by atoms with Crippen LogP contribution >= 0.6 is 23.2 Å². The summed E-state index contributed by atoms with van der Waals surface area (Å²) in [7, 11) is 0. The van der Waals surface area contributed by atoms with Gasteiger partial charge in [0.1, 0.15) is 0 Å². The molecule has 1 nitrogen and oxygen atoms in total. The van der Waals surface area contributed by atoms with Crippen molar-refractivity contribution in [2.24, 2.45) is 0 Å². The smallest absolute Gasteiger partial charge is 0.0494 e. The van der Waals surface area contributed by atoms with Crippen LogP contribution in [-0.2, 0) is 18.3 Å². The maximum Gasteiger partial charge on any atom is 0.0494 e. The molecule has 0 saturated carbocycles. The molecule has 1 aromatic heterocycles. The Hall–Kier alpha value is -1.18. The highest BCUT2D eigenvalue weighted by Gasteiger charge is 2.11. The summed E-state index contributed by atoms with van der Waals surface area (Å²) in [6, 6.07) is 13.2. The standard InChI is InChI=1S/C20H23Cl2N/c1-2-3-4-5-10-23-19-11-15(13-21)6-8-17(19)18-9-7-16(14-22)12-20(18)23/h6-9,11-12H,2-5,10,13-14H2,1H3. The van der Waals surface area contributed by atoms with Crippen molar-refractivity contribution >= 4 is 45.0 Å². The van der Waals surface area contributed by atoms with Crippen molar-refractivity contribution < 1.29 is 0 Å². The minimum absolute atomic E-state index is 0.556. The molecule has 0 bridgehead atoms. The van der Waals surface area contributed by atoms with Crippen LogP contribution < -0.4 is 0 Å². The third-order valence-electron chi connectivity index (χ3n) is 4.54. The Labute approximate surface area is 148 Å². The van der Waals surface area contributed by atoms with E-state index < -0.39 is 0 Å². The number of hydrogen-bond donors (Lipinski definition) is 0. The minimum atomic E-state index is 0.556. The van der Waals surface area contributed by atoms with Gasteiger partial charge in [-0.3, -0.25) is 0 Å². The predicted octanol–water partition coefficient (Wildman–Crippen LogP) is 6.85. The molecule has 0 radical (unpaired) electrons. The second-order valence-electron chi connectivity index (χ2n) is 6.18. The third-order valence-corrected chi connectivity index (χ3v) is 5.16. The fourth-order valence-corrected chi connectivity index (χ4v) is 3.62. The van der Waals surface area contributed by atoms with Gasteiger partial charge in [0.15, 0.2) is 0 Å². The molecule has 1 heterocycles. The van der Waals surface area contributed by atoms with E-state index in [2.05, 4.69) is 47.9 Å². The van der Waals surface area contributed by atoms with Crippen LogP contribution in [0.3, 0.4) is 0 Å². The summed E-state index contributed by atoms with van der Waals surface area (Å²) in [5.74, 6) is 1.11. The average molecular weight is 348 g/mol. The molecule has 0 fully saturated rings. The maximum atomic E-state index is 6.04. The van der Waals surface area contributed by atoms with E-state index in [0.717, 1.165) is 6.54 Å². The zero-order chi connectivity index (χ0) is 16.2. The fraction of sp³-hybridized carbons (Fsp3) is 0.400. The highest BCUT2D eigenvalue weighted by atomic mass is 35.5. The van der Waals surface area contributed by atoms with Gasteiger partial charge < -0.3 is 4.57 Å². The number of nitrogens with zero attached hydrogens (tertiary/aromatic N) is 1. The molecule has 3 heteroatoms. The summed E-state index contributed by atoms with van der Waals surface area (Å²) in [6.45, 7) is 3.30. The number of unbranched alkanes of at least 4 members (excludes halogenated alkanes) is 3. The van der Waals surface area contributed by atoms with Gasteiger partial charge in [-0.2, -0.15) is 0 Å². The minimum Gasteiger partial charge on any atom is -0.340 e. The monoisotopic (exact) mass is 347 g/mol. The van der Waals surface area contributed by atoms with Gasteiger partial charge in [-0.05, 0) is 29.7 Å². The zero-order valence-corrected chi connectivity index (χ0v) is 15.1. The van der Waals surface area contributed by atoms with E-state index >= 15 is 0 Å². The van der Waals surface area contributed by atoms with Crippen LogP contribution in [0.25, 0.3) is 21.8 Å². The summed E-state index contributed by atoms with van der Waals surface area (Å²) in [5.41, 5.74) is 4.94. The van der Waals surface area contributed by atoms with Crippen molar-refractivity contribution in [1.82, 2.24) is 4.57 Å². The van der Waals surface area contributed by atoms with Gasteiger partial charge in [-0.1, -0.05) is 50.5 Å². The normalized spacial score (nSPS) is 11.6. The van der Waals surface area contributed by atoms with E-state index in [1.807, 2.05) is 0 Å². The second-order valence-corrected chi connectivity index (χ2v) is 6.72. The molecule has 0 spiro atoms. The van der Waals surface area contributed by atoms with E-state index in [4.69, 9.17) is 23.2 Å². The van der Waals surface area contributed by atoms with Crippen molar-refractivity contribution in [3.63, 3.8) is 0 Å². The molecular formula is C20H23Cl2N. The molecule has 0 atom stereocenters. The predicted molar refractivity (Wildman–Crippen MR) is 103 cm³/mol. The van der Waals surface area contributed by atoms with Crippen LogP contribution in [-0.4, -0.2) is 4.57 Å². The van der Waals surface area contributed by atoms with Crippen LogP contribution in [0.4, 0.5) is 0 Å². The lowest BCUT2D eigenvalue weighted by Gasteiger charge is -2.08. The van der Waals surface area contributed by atoms with Crippen molar-refractivity contribution in [1.29, 1.82) is 0 Å². The SMILES string of the molecule is CCCCCCn1c2cc(CCl)ccc2c2ccc(CCl)cc21. The highest BCUT2D eigenvalue weighted by Crippen LogP contribution is 2.31. The molecular weight excluding hydrogens is 325 g/mol. The lowest BCUT2D eigenvalue weighted by atomic mass is 10.1. The van der Waals surface area contributed by atoms with Crippen LogP contribution in [0.2, 0.25) is 0 Å². The van der Waals surface area contributed by atoms with Gasteiger partial charge in [0.25, 0.3) is 0 Å². The van der Waals surface area contributed by atoms with Gasteiger partial charge in [0.05, 0.1) is 0 Å². The molecule has 3 rings (SSSR count). The largest absolute Gasteiger partial charge is 0.340 e. The number of halogens is 2. The van der Waals surface area contributed by atoms with E-state index in [9.17, 15) is 0 Å². The number of fused-ring (bicyclic) bond motifs is 3. The van der Waals surface area contributed by atoms with Gasteiger partial charge in [0.2, 0.25) is 0 Å². The first-order valence-corrected chi connectivity index (χ1v) is 9.51. The zero-order valence-electron chi connectivity index (χ0n) is 13.6. The molecule has 3 aromatic rings. The van der Waals surface area contributed by atoms with Crippen molar-refractivity contribution in [3.05, 3.63) is 47.5 Å². The molecule has 23 heavy (non-hydrogen) atoms. The summed E-state index contributed by atoms with van der Waals surface area (Å²) in [5, 5.41) is 2.62. The summed E-state index contributed by atoms with van der Waals surface area (Å²) >= 11 is 12.1. The van der Waals surface area contributed by atoms with Crippen molar-refractivity contribution in [3.8, 4) is 0 Å². The third kappa shape index (κ3) is 3.36. The van der Waals surface area contributed by atoms with E-state index in [-0.39, 0.29) is 0 Å². The Balaban J connectivity index is 2.12. The molecule has 0 N–H and O–H groups in total. The molecule has 0 aliphatic carbocycles. The Morgan fingerprint density at radius 3 is 1.83 bits per heavy atom. The van der Waals surface area contributed by atoms with Crippen LogP contribution in [0.15, 0.2) is 36.4 Å². The topological polar surface area (TPSA) is 4.93 Å². The van der Waals surface area contributed by atoms with Gasteiger partial charge in [-0.15, -0.1) is 23.2 Å². The van der Waals surface area contributed by atoms with Gasteiger partial charge >= 0.3 is 0 Å². The number of aromatic nitrogens is 1. The van der Waals surface area contributed by atoms with E-state index in [0.29, 0.717) is 11.8 Å². The van der Waals surface area contributed by atoms with Crippen LogP contribution in [0.1, 0.15) is 43.7 Å². The first kappa shape index (κ1) is 16.7. The first-order chi connectivity index (χ1) is 11.3. The first-order valence-electron chi connectivity index (χ1n) is 8.44. The molecule has 0 unspecified atom stereocenters. The highest BCUT2D eigenvalue weighted by molar-refractivity contribution is 6.18. The Morgan fingerprint density at radius 1 is 0.783 bits per heavy atom. The Morgan fingerprint density at radius 2 is 1.35 bits per heavy atom. The van der Waals surface area contributed by atoms with E-state index in [1.54, 1.807) is 0 Å². The fourth-order valence-electron chi connectivity index (χ4n) is 3.29. The number of hydrogen-bond acceptors (Lipinski definition) is 0. The number of benzene rings is 2. The number of alkyl halides is 2. The van der Waals surface area contributed by atoms with Crippen LogP contribution in [0.5, 0.6) is 0 Å². The van der Waals surface area contributed by atoms with Crippen molar-refractivity contribution in [2.75, 3.05) is 0 Å². The summed E-state index contributed by atoms with van der Waals surface area (Å²) in [4.78, 5) is 0. The quantitative estimate of drug-likeness (QED) is 0.325. The molecule has 0 aliphatic rings. The lowest BCUT2D eigenvalue weighted by molar-refractivity contribution is 0.602. The van der Waals surface area contributed by atoms with Gasteiger partial charge in [-0.25, -0.2) is 0 Å². The van der Waals surface area contributed by atoms with Crippen LogP contribution in [0, 0.1) is 0 Å². The van der Waals surface area contributed by atoms with Crippen molar-refractivity contribution in [2.45, 2.75) is 50.9 Å². The number of aryl methyl sites for hydroxylation is 1. The lowest BCUT2D eigenvalue weighted by Crippen LogP contribution is -1.98. The molecule has 0 aliphatic heterocycles. The Bertz CT molecular complexity index is 743. The molecule has 122 valence electrons. The summed E-state index contributed by atoms with van der Waals surface area (Å²) < 4.78 is 2.45. The van der Waals surface area contributed by atoms with Gasteiger partial charge in [0, 0.05) is 40.1 Å². The summed E-state index contributed by atoms with van der Waals surface area (Å²) in [6.07, 6.45) is 5.06. The second kappa shape index (κ2) is 7.59.